The van der Waals surface area contributed by atoms with Crippen molar-refractivity contribution >= 4 is 11.8 Å². The maximum absolute atomic E-state index is 11.3. The molecule has 4 nitrogen and oxygen atoms in total. The molecule has 0 saturated heterocycles. The molecular formula is C12H12O4. The highest BCUT2D eigenvalue weighted by Crippen LogP contribution is 2.28. The molecule has 16 heavy (non-hydrogen) atoms. The number of carbonyl (C=O) groups is 2. The van der Waals surface area contributed by atoms with Gasteiger partial charge in [0.15, 0.2) is 0 Å². The lowest BCUT2D eigenvalue weighted by molar-refractivity contribution is -0.131. The van der Waals surface area contributed by atoms with Crippen LogP contribution in [0.15, 0.2) is 18.2 Å². The number of Topliss-reactive ketones (excluding diaryl/α,β-unsaturated/α-hetero) is 1. The second-order valence-corrected chi connectivity index (χ2v) is 3.92. The first kappa shape index (κ1) is 10.7. The van der Waals surface area contributed by atoms with Crippen LogP contribution >= 0.6 is 0 Å². The molecule has 0 bridgehead atoms. The third kappa shape index (κ3) is 1.91. The fraction of sp³-hybridized carbons (Fsp3) is 0.333. The van der Waals surface area contributed by atoms with Gasteiger partial charge >= 0.3 is 5.97 Å². The van der Waals surface area contributed by atoms with Gasteiger partial charge in [-0.3, -0.25) is 4.79 Å². The van der Waals surface area contributed by atoms with Gasteiger partial charge in [0.05, 0.1) is 6.10 Å². The first-order chi connectivity index (χ1) is 7.58. The van der Waals surface area contributed by atoms with Crippen LogP contribution in [0.4, 0.5) is 0 Å². The van der Waals surface area contributed by atoms with E-state index in [4.69, 9.17) is 9.84 Å². The van der Waals surface area contributed by atoms with Gasteiger partial charge in [-0.15, -0.1) is 0 Å². The number of carbonyl (C=O) groups excluding carboxylic acids is 1. The topological polar surface area (TPSA) is 63.6 Å². The molecule has 84 valence electrons. The molecule has 0 radical (unpaired) electrons. The average molecular weight is 220 g/mol. The smallest absolute Gasteiger partial charge is 0.377 e. The van der Waals surface area contributed by atoms with E-state index in [1.54, 1.807) is 12.1 Å². The molecule has 1 aromatic carbocycles. The monoisotopic (exact) mass is 220 g/mol. The molecule has 4 heteroatoms. The van der Waals surface area contributed by atoms with Crippen LogP contribution in [0.5, 0.6) is 5.75 Å². The van der Waals surface area contributed by atoms with E-state index in [1.165, 1.54) is 6.07 Å². The summed E-state index contributed by atoms with van der Waals surface area (Å²) in [6, 6.07) is 4.77. The summed E-state index contributed by atoms with van der Waals surface area (Å²) in [5.41, 5.74) is 1.12. The van der Waals surface area contributed by atoms with Crippen molar-refractivity contribution in [1.82, 2.24) is 0 Å². The summed E-state index contributed by atoms with van der Waals surface area (Å²) in [6.45, 7) is 1.99. The Morgan fingerprint density at radius 2 is 2.19 bits per heavy atom. The van der Waals surface area contributed by atoms with E-state index in [9.17, 15) is 9.59 Å². The molecule has 0 spiro atoms. The zero-order valence-electron chi connectivity index (χ0n) is 8.90. The van der Waals surface area contributed by atoms with E-state index in [0.717, 1.165) is 24.2 Å². The van der Waals surface area contributed by atoms with Crippen LogP contribution in [-0.4, -0.2) is 23.0 Å². The summed E-state index contributed by atoms with van der Waals surface area (Å²) in [5.74, 6) is -1.55. The summed E-state index contributed by atoms with van der Waals surface area (Å²) < 4.78 is 5.57. The molecule has 1 unspecified atom stereocenters. The third-order valence-electron chi connectivity index (χ3n) is 2.67. The fourth-order valence-corrected chi connectivity index (χ4v) is 1.79. The van der Waals surface area contributed by atoms with Crippen LogP contribution < -0.4 is 4.74 Å². The van der Waals surface area contributed by atoms with E-state index in [1.807, 2.05) is 6.92 Å². The molecule has 1 aliphatic rings. The zero-order chi connectivity index (χ0) is 11.7. The molecule has 0 aliphatic carbocycles. The van der Waals surface area contributed by atoms with Crippen molar-refractivity contribution in [3.8, 4) is 5.75 Å². The van der Waals surface area contributed by atoms with E-state index in [-0.39, 0.29) is 11.7 Å². The van der Waals surface area contributed by atoms with E-state index in [2.05, 4.69) is 0 Å². The Labute approximate surface area is 92.8 Å². The van der Waals surface area contributed by atoms with Gasteiger partial charge in [-0.2, -0.15) is 0 Å². The summed E-state index contributed by atoms with van der Waals surface area (Å²) in [4.78, 5) is 21.8. The van der Waals surface area contributed by atoms with Crippen molar-refractivity contribution in [3.63, 3.8) is 0 Å². The number of rotatable bonds is 2. The number of carboxylic acids is 1. The van der Waals surface area contributed by atoms with Gasteiger partial charge < -0.3 is 9.84 Å². The number of fused-ring (bicyclic) bond motifs is 1. The maximum atomic E-state index is 11.3. The van der Waals surface area contributed by atoms with Crippen LogP contribution in [0.3, 0.4) is 0 Å². The van der Waals surface area contributed by atoms with Crippen LogP contribution in [0.25, 0.3) is 0 Å². The number of hydrogen-bond acceptors (Lipinski definition) is 3. The van der Waals surface area contributed by atoms with E-state index in [0.29, 0.717) is 0 Å². The molecule has 2 rings (SSSR count). The molecule has 0 aromatic heterocycles. The van der Waals surface area contributed by atoms with Crippen LogP contribution in [-0.2, 0) is 11.2 Å². The molecule has 1 aromatic rings. The van der Waals surface area contributed by atoms with Gasteiger partial charge in [-0.05, 0) is 43.5 Å². The highest BCUT2D eigenvalue weighted by molar-refractivity contribution is 6.39. The Morgan fingerprint density at radius 3 is 2.88 bits per heavy atom. The fourth-order valence-electron chi connectivity index (χ4n) is 1.79. The number of ketones is 1. The minimum Gasteiger partial charge on any atom is -0.490 e. The zero-order valence-corrected chi connectivity index (χ0v) is 8.90. The minimum atomic E-state index is -1.43. The first-order valence-electron chi connectivity index (χ1n) is 5.15. The van der Waals surface area contributed by atoms with Crippen molar-refractivity contribution in [2.75, 3.05) is 0 Å². The summed E-state index contributed by atoms with van der Waals surface area (Å²) >= 11 is 0. The number of ether oxygens (including phenoxy) is 1. The van der Waals surface area contributed by atoms with Crippen molar-refractivity contribution in [1.29, 1.82) is 0 Å². The Morgan fingerprint density at radius 1 is 1.44 bits per heavy atom. The maximum Gasteiger partial charge on any atom is 0.377 e. The van der Waals surface area contributed by atoms with Crippen molar-refractivity contribution in [3.05, 3.63) is 29.3 Å². The lowest BCUT2D eigenvalue weighted by Gasteiger charge is -2.23. The van der Waals surface area contributed by atoms with E-state index >= 15 is 0 Å². The molecule has 1 N–H and O–H groups in total. The predicted molar refractivity (Wildman–Crippen MR) is 56.8 cm³/mol. The summed E-state index contributed by atoms with van der Waals surface area (Å²) in [7, 11) is 0. The Bertz CT molecular complexity index is 450. The summed E-state index contributed by atoms with van der Waals surface area (Å²) in [6.07, 6.45) is 1.88. The standard InChI is InChI=1S/C12H12O4/c1-7-2-3-8-6-9(11(13)12(14)15)4-5-10(8)16-7/h4-7H,2-3H2,1H3,(H,14,15). The lowest BCUT2D eigenvalue weighted by atomic mass is 9.99. The number of hydrogen-bond donors (Lipinski definition) is 1. The van der Waals surface area contributed by atoms with Gasteiger partial charge in [-0.1, -0.05) is 0 Å². The number of benzene rings is 1. The molecule has 1 atom stereocenters. The van der Waals surface area contributed by atoms with Crippen LogP contribution in [0, 0.1) is 0 Å². The Hall–Kier alpha value is -1.84. The molecule has 0 fully saturated rings. The highest BCUT2D eigenvalue weighted by Gasteiger charge is 2.20. The first-order valence-corrected chi connectivity index (χ1v) is 5.15. The van der Waals surface area contributed by atoms with Gasteiger partial charge in [-0.25, -0.2) is 4.79 Å². The molecule has 0 saturated carbocycles. The van der Waals surface area contributed by atoms with Crippen molar-refractivity contribution in [2.45, 2.75) is 25.9 Å². The quantitative estimate of drug-likeness (QED) is 0.608. The molecular weight excluding hydrogens is 208 g/mol. The van der Waals surface area contributed by atoms with E-state index < -0.39 is 11.8 Å². The normalized spacial score (nSPS) is 18.4. The Balaban J connectivity index is 2.33. The van der Waals surface area contributed by atoms with Gasteiger partial charge in [0, 0.05) is 5.56 Å². The number of aryl methyl sites for hydroxylation is 1. The predicted octanol–water partition coefficient (Wildman–Crippen LogP) is 1.67. The van der Waals surface area contributed by atoms with Crippen LogP contribution in [0.1, 0.15) is 29.3 Å². The number of carboxylic acid groups (broad SMARTS) is 1. The Kier molecular flexibility index (Phi) is 2.64. The second-order valence-electron chi connectivity index (χ2n) is 3.92. The second kappa shape index (κ2) is 3.96. The van der Waals surface area contributed by atoms with Crippen LogP contribution in [0.2, 0.25) is 0 Å². The SMILES string of the molecule is CC1CCc2cc(C(=O)C(=O)O)ccc2O1. The average Bonchev–Trinajstić information content (AvgIpc) is 2.27. The lowest BCUT2D eigenvalue weighted by Crippen LogP contribution is -2.20. The molecule has 0 amide bonds. The highest BCUT2D eigenvalue weighted by atomic mass is 16.5. The van der Waals surface area contributed by atoms with Gasteiger partial charge in [0.25, 0.3) is 5.78 Å². The number of aliphatic carboxylic acids is 1. The molecule has 1 aliphatic heterocycles. The van der Waals surface area contributed by atoms with Crippen molar-refractivity contribution in [2.24, 2.45) is 0 Å². The van der Waals surface area contributed by atoms with Crippen molar-refractivity contribution < 1.29 is 19.4 Å². The molecule has 1 heterocycles. The third-order valence-corrected chi connectivity index (χ3v) is 2.67. The van der Waals surface area contributed by atoms with Gasteiger partial charge in [0.2, 0.25) is 0 Å². The largest absolute Gasteiger partial charge is 0.490 e. The minimum absolute atomic E-state index is 0.175. The summed E-state index contributed by atoms with van der Waals surface area (Å²) in [5, 5.41) is 8.60. The van der Waals surface area contributed by atoms with Gasteiger partial charge in [0.1, 0.15) is 5.75 Å².